The van der Waals surface area contributed by atoms with E-state index in [-0.39, 0.29) is 11.9 Å². The fourth-order valence-corrected chi connectivity index (χ4v) is 2.34. The molecule has 0 radical (unpaired) electrons. The highest BCUT2D eigenvalue weighted by atomic mass is 16.5. The van der Waals surface area contributed by atoms with E-state index in [9.17, 15) is 4.79 Å². The molecule has 0 saturated carbocycles. The van der Waals surface area contributed by atoms with E-state index >= 15 is 0 Å². The first-order valence-electron chi connectivity index (χ1n) is 7.84. The van der Waals surface area contributed by atoms with Gasteiger partial charge in [0, 0.05) is 24.1 Å². The smallest absolute Gasteiger partial charge is 0.256 e. The Hall–Kier alpha value is -2.96. The lowest BCUT2D eigenvalue weighted by molar-refractivity contribution is 0.102. The van der Waals surface area contributed by atoms with E-state index in [1.807, 2.05) is 10.7 Å². The molecule has 124 valence electrons. The number of aromatic nitrogens is 4. The van der Waals surface area contributed by atoms with Gasteiger partial charge in [0.2, 0.25) is 11.7 Å². The van der Waals surface area contributed by atoms with E-state index < -0.39 is 0 Å². The third-order valence-electron chi connectivity index (χ3n) is 3.83. The second-order valence-electron chi connectivity index (χ2n) is 5.59. The van der Waals surface area contributed by atoms with Gasteiger partial charge < -0.3 is 9.84 Å². The Kier molecular flexibility index (Phi) is 4.41. The van der Waals surface area contributed by atoms with Crippen LogP contribution in [0.3, 0.4) is 0 Å². The number of carbonyl (C=O) groups is 1. The zero-order valence-corrected chi connectivity index (χ0v) is 13.9. The number of carbonyl (C=O) groups excluding carboxylic acids is 1. The van der Waals surface area contributed by atoms with Gasteiger partial charge in [-0.3, -0.25) is 4.79 Å². The van der Waals surface area contributed by atoms with Crippen molar-refractivity contribution in [3.63, 3.8) is 0 Å². The van der Waals surface area contributed by atoms with Crippen LogP contribution >= 0.6 is 0 Å². The molecule has 1 aromatic carbocycles. The predicted molar refractivity (Wildman–Crippen MR) is 89.7 cm³/mol. The molecule has 0 saturated heterocycles. The summed E-state index contributed by atoms with van der Waals surface area (Å²) in [6.45, 7) is 5.86. The first-order valence-corrected chi connectivity index (χ1v) is 7.84. The molecule has 24 heavy (non-hydrogen) atoms. The van der Waals surface area contributed by atoms with Gasteiger partial charge in [0.15, 0.2) is 0 Å². The summed E-state index contributed by atoms with van der Waals surface area (Å²) in [6.07, 6.45) is 2.61. The molecule has 0 aliphatic rings. The van der Waals surface area contributed by atoms with E-state index in [4.69, 9.17) is 4.52 Å². The number of amides is 1. The second kappa shape index (κ2) is 6.66. The van der Waals surface area contributed by atoms with E-state index in [2.05, 4.69) is 34.4 Å². The van der Waals surface area contributed by atoms with Crippen molar-refractivity contribution in [1.29, 1.82) is 0 Å². The quantitative estimate of drug-likeness (QED) is 0.776. The van der Waals surface area contributed by atoms with Crippen LogP contribution in [0.4, 0.5) is 5.82 Å². The number of hydrogen-bond donors (Lipinski definition) is 1. The van der Waals surface area contributed by atoms with Crippen molar-refractivity contribution >= 4 is 11.7 Å². The fraction of sp³-hybridized carbons (Fsp3) is 0.294. The molecule has 0 unspecified atom stereocenters. The Bertz CT molecular complexity index is 852. The van der Waals surface area contributed by atoms with Crippen LogP contribution in [0, 0.1) is 6.92 Å². The molecule has 0 aliphatic carbocycles. The average molecular weight is 325 g/mol. The van der Waals surface area contributed by atoms with Gasteiger partial charge in [0.1, 0.15) is 5.82 Å². The Morgan fingerprint density at radius 2 is 2.21 bits per heavy atom. The molecule has 1 N–H and O–H groups in total. The van der Waals surface area contributed by atoms with Crippen LogP contribution in [0.5, 0.6) is 0 Å². The van der Waals surface area contributed by atoms with Crippen LogP contribution in [0.25, 0.3) is 11.4 Å². The summed E-state index contributed by atoms with van der Waals surface area (Å²) in [5.74, 6) is 1.42. The summed E-state index contributed by atoms with van der Waals surface area (Å²) < 4.78 is 6.80. The van der Waals surface area contributed by atoms with Crippen LogP contribution < -0.4 is 5.32 Å². The van der Waals surface area contributed by atoms with Crippen molar-refractivity contribution in [2.75, 3.05) is 5.32 Å². The molecule has 0 spiro atoms. The Morgan fingerprint density at radius 3 is 2.92 bits per heavy atom. The van der Waals surface area contributed by atoms with Crippen molar-refractivity contribution < 1.29 is 9.32 Å². The van der Waals surface area contributed by atoms with Crippen LogP contribution in [0.1, 0.15) is 42.6 Å². The van der Waals surface area contributed by atoms with Crippen LogP contribution in [-0.4, -0.2) is 25.8 Å². The monoisotopic (exact) mass is 325 g/mol. The second-order valence-corrected chi connectivity index (χ2v) is 5.59. The highest BCUT2D eigenvalue weighted by Gasteiger charge is 2.14. The molecule has 0 aliphatic heterocycles. The highest BCUT2D eigenvalue weighted by molar-refractivity contribution is 6.04. The lowest BCUT2D eigenvalue weighted by atomic mass is 10.1. The highest BCUT2D eigenvalue weighted by Crippen LogP contribution is 2.20. The minimum absolute atomic E-state index is 0.206. The number of nitrogens with one attached hydrogen (secondary N) is 1. The summed E-state index contributed by atoms with van der Waals surface area (Å²) >= 11 is 0. The van der Waals surface area contributed by atoms with Gasteiger partial charge >= 0.3 is 0 Å². The first kappa shape index (κ1) is 15.9. The Balaban J connectivity index is 1.82. The lowest BCUT2D eigenvalue weighted by Gasteiger charge is -2.14. The van der Waals surface area contributed by atoms with Gasteiger partial charge in [-0.05, 0) is 25.5 Å². The first-order chi connectivity index (χ1) is 11.6. The van der Waals surface area contributed by atoms with Crippen molar-refractivity contribution in [3.8, 4) is 11.4 Å². The minimum atomic E-state index is -0.206. The molecular formula is C17H19N5O2. The van der Waals surface area contributed by atoms with E-state index in [1.165, 1.54) is 0 Å². The molecule has 3 rings (SSSR count). The molecule has 0 bridgehead atoms. The summed E-state index contributed by atoms with van der Waals surface area (Å²) in [6, 6.07) is 9.12. The number of benzene rings is 1. The average Bonchev–Trinajstić information content (AvgIpc) is 3.23. The maximum atomic E-state index is 12.5. The Morgan fingerprint density at radius 1 is 1.38 bits per heavy atom. The van der Waals surface area contributed by atoms with Crippen molar-refractivity contribution in [1.82, 2.24) is 19.9 Å². The zero-order chi connectivity index (χ0) is 17.1. The molecule has 0 fully saturated rings. The number of hydrogen-bond acceptors (Lipinski definition) is 5. The summed E-state index contributed by atoms with van der Waals surface area (Å²) in [5.41, 5.74) is 1.25. The minimum Gasteiger partial charge on any atom is -0.339 e. The third-order valence-corrected chi connectivity index (χ3v) is 3.83. The molecule has 1 atom stereocenters. The molecule has 7 nitrogen and oxygen atoms in total. The Labute approximate surface area is 139 Å². The van der Waals surface area contributed by atoms with Gasteiger partial charge in [0.05, 0.1) is 12.2 Å². The summed E-state index contributed by atoms with van der Waals surface area (Å²) in [7, 11) is 0. The normalized spacial score (nSPS) is 12.1. The van der Waals surface area contributed by atoms with E-state index in [0.29, 0.717) is 23.1 Å². The lowest BCUT2D eigenvalue weighted by Crippen LogP contribution is -2.17. The molecule has 2 heterocycles. The van der Waals surface area contributed by atoms with Gasteiger partial charge in [-0.15, -0.1) is 0 Å². The van der Waals surface area contributed by atoms with Crippen LogP contribution in [0.2, 0.25) is 0 Å². The maximum absolute atomic E-state index is 12.5. The molecule has 7 heteroatoms. The molecule has 1 amide bonds. The van der Waals surface area contributed by atoms with Crippen molar-refractivity contribution in [3.05, 3.63) is 48.0 Å². The van der Waals surface area contributed by atoms with Gasteiger partial charge in [0.25, 0.3) is 5.91 Å². The SMILES string of the molecule is CC[C@@H](C)n1nccc1NC(=O)c1cccc(-c2noc(C)n2)c1. The van der Waals surface area contributed by atoms with Crippen molar-refractivity contribution in [2.45, 2.75) is 33.2 Å². The predicted octanol–water partition coefficient (Wildman–Crippen LogP) is 3.46. The third kappa shape index (κ3) is 3.19. The summed E-state index contributed by atoms with van der Waals surface area (Å²) in [4.78, 5) is 16.7. The molecular weight excluding hydrogens is 306 g/mol. The van der Waals surface area contributed by atoms with Gasteiger partial charge in [-0.2, -0.15) is 10.1 Å². The fourth-order valence-electron chi connectivity index (χ4n) is 2.34. The molecule has 2 aromatic heterocycles. The number of anilines is 1. The molecule has 3 aromatic rings. The van der Waals surface area contributed by atoms with Crippen LogP contribution in [-0.2, 0) is 0 Å². The summed E-state index contributed by atoms with van der Waals surface area (Å²) in [5, 5.41) is 11.1. The van der Waals surface area contributed by atoms with Crippen molar-refractivity contribution in [2.24, 2.45) is 0 Å². The van der Waals surface area contributed by atoms with E-state index in [0.717, 1.165) is 12.0 Å². The topological polar surface area (TPSA) is 85.8 Å². The van der Waals surface area contributed by atoms with Crippen LogP contribution in [0.15, 0.2) is 41.1 Å². The largest absolute Gasteiger partial charge is 0.339 e. The number of aryl methyl sites for hydroxylation is 1. The van der Waals surface area contributed by atoms with E-state index in [1.54, 1.807) is 37.4 Å². The number of nitrogens with zero attached hydrogens (tertiary/aromatic N) is 4. The zero-order valence-electron chi connectivity index (χ0n) is 13.9. The van der Waals surface area contributed by atoms with Gasteiger partial charge in [-0.1, -0.05) is 24.2 Å². The maximum Gasteiger partial charge on any atom is 0.256 e. The standard InChI is InChI=1S/C17H19N5O2/c1-4-11(2)22-15(8-9-18-22)20-17(23)14-7-5-6-13(10-14)16-19-12(3)24-21-16/h5-11H,4H2,1-3H3,(H,20,23)/t11-/m1/s1. The number of rotatable bonds is 5. The van der Waals surface area contributed by atoms with Gasteiger partial charge in [-0.25, -0.2) is 4.68 Å².